The van der Waals surface area contributed by atoms with Crippen LogP contribution in [0, 0.1) is 0 Å². The second-order valence-corrected chi connectivity index (χ2v) is 7.13. The number of nitrogens with zero attached hydrogens (tertiary/aromatic N) is 4. The molecule has 2 heterocycles. The summed E-state index contributed by atoms with van der Waals surface area (Å²) in [6.07, 6.45) is 8.38. The summed E-state index contributed by atoms with van der Waals surface area (Å²) in [5.74, 6) is 0.761. The Morgan fingerprint density at radius 2 is 1.94 bits per heavy atom. The average Bonchev–Trinajstić information content (AvgIpc) is 3.24. The Kier molecular flexibility index (Phi) is 7.80. The quantitative estimate of drug-likeness (QED) is 0.495. The predicted molar refractivity (Wildman–Crippen MR) is 118 cm³/mol. The van der Waals surface area contributed by atoms with Crippen molar-refractivity contribution in [3.63, 3.8) is 0 Å². The van der Waals surface area contributed by atoms with Gasteiger partial charge in [0.1, 0.15) is 5.75 Å². The maximum absolute atomic E-state index is 12.0. The number of hydrogen-bond donors (Lipinski definition) is 2. The van der Waals surface area contributed by atoms with Crippen molar-refractivity contribution in [1.29, 1.82) is 0 Å². The lowest BCUT2D eigenvalue weighted by Gasteiger charge is -2.12. The molecule has 2 aromatic heterocycles. The van der Waals surface area contributed by atoms with Crippen LogP contribution < -0.4 is 15.4 Å². The highest BCUT2D eigenvalue weighted by Gasteiger charge is 2.14. The van der Waals surface area contributed by atoms with E-state index in [0.29, 0.717) is 48.3 Å². The Labute approximate surface area is 185 Å². The first kappa shape index (κ1) is 22.5. The van der Waals surface area contributed by atoms with Crippen LogP contribution in [0.2, 0.25) is 5.02 Å². The zero-order chi connectivity index (χ0) is 22.2. The molecule has 0 atom stereocenters. The minimum atomic E-state index is -0.194. The summed E-state index contributed by atoms with van der Waals surface area (Å²) >= 11 is 6.43. The number of aryl methyl sites for hydroxylation is 2. The second kappa shape index (κ2) is 10.7. The molecule has 0 spiro atoms. The summed E-state index contributed by atoms with van der Waals surface area (Å²) in [7, 11) is 4.77. The van der Waals surface area contributed by atoms with Gasteiger partial charge in [0, 0.05) is 38.3 Å². The number of ether oxygens (including phenoxy) is 2. The van der Waals surface area contributed by atoms with Crippen molar-refractivity contribution in [3.05, 3.63) is 58.6 Å². The van der Waals surface area contributed by atoms with Gasteiger partial charge < -0.3 is 20.1 Å². The summed E-state index contributed by atoms with van der Waals surface area (Å²) < 4.78 is 12.1. The number of amides is 1. The SMILES string of the molecule is CNC(=O)c1cc(CCc2cnc(Nc3cnn(CCOC)c3)nc2)c(Cl)c(OC)c1. The average molecular weight is 445 g/mol. The van der Waals surface area contributed by atoms with Crippen LogP contribution >= 0.6 is 11.6 Å². The number of rotatable bonds is 10. The minimum absolute atomic E-state index is 0.194. The highest BCUT2D eigenvalue weighted by Crippen LogP contribution is 2.31. The van der Waals surface area contributed by atoms with Gasteiger partial charge in [-0.2, -0.15) is 5.10 Å². The van der Waals surface area contributed by atoms with Crippen molar-refractivity contribution in [1.82, 2.24) is 25.1 Å². The number of carbonyl (C=O) groups is 1. The molecule has 0 aliphatic rings. The molecule has 0 aliphatic carbocycles. The Balaban J connectivity index is 1.64. The number of anilines is 2. The molecule has 0 fully saturated rings. The van der Waals surface area contributed by atoms with E-state index in [-0.39, 0.29) is 5.91 Å². The second-order valence-electron chi connectivity index (χ2n) is 6.76. The van der Waals surface area contributed by atoms with Crippen LogP contribution in [-0.2, 0) is 24.1 Å². The molecule has 0 saturated heterocycles. The van der Waals surface area contributed by atoms with E-state index in [1.54, 1.807) is 49.6 Å². The van der Waals surface area contributed by atoms with E-state index in [1.165, 1.54) is 7.11 Å². The highest BCUT2D eigenvalue weighted by molar-refractivity contribution is 6.33. The minimum Gasteiger partial charge on any atom is -0.495 e. The van der Waals surface area contributed by atoms with Gasteiger partial charge in [0.2, 0.25) is 5.95 Å². The van der Waals surface area contributed by atoms with Crippen molar-refractivity contribution in [2.24, 2.45) is 0 Å². The number of carbonyl (C=O) groups excluding carboxylic acids is 1. The zero-order valence-corrected chi connectivity index (χ0v) is 18.4. The third-order valence-electron chi connectivity index (χ3n) is 4.63. The fourth-order valence-corrected chi connectivity index (χ4v) is 3.23. The van der Waals surface area contributed by atoms with Gasteiger partial charge in [-0.15, -0.1) is 0 Å². The van der Waals surface area contributed by atoms with Crippen LogP contribution in [0.5, 0.6) is 5.75 Å². The standard InChI is InChI=1S/C21H25ClN6O3/c1-23-20(29)16-8-15(19(22)18(9-16)31-3)5-4-14-10-24-21(25-11-14)27-17-12-26-28(13-17)6-7-30-2/h8-13H,4-7H2,1-3H3,(H,23,29)(H,24,25,27). The summed E-state index contributed by atoms with van der Waals surface area (Å²) in [5.41, 5.74) is 3.07. The van der Waals surface area contributed by atoms with Crippen LogP contribution in [-0.4, -0.2) is 53.5 Å². The van der Waals surface area contributed by atoms with Gasteiger partial charge >= 0.3 is 0 Å². The lowest BCUT2D eigenvalue weighted by molar-refractivity contribution is 0.0962. The van der Waals surface area contributed by atoms with Crippen LogP contribution in [0.15, 0.2) is 36.9 Å². The molecular weight excluding hydrogens is 420 g/mol. The molecule has 164 valence electrons. The number of methoxy groups -OCH3 is 2. The number of hydrogen-bond acceptors (Lipinski definition) is 7. The molecule has 9 nitrogen and oxygen atoms in total. The molecule has 0 saturated carbocycles. The fraction of sp³-hybridized carbons (Fsp3) is 0.333. The molecule has 2 N–H and O–H groups in total. The van der Waals surface area contributed by atoms with Gasteiger partial charge in [0.05, 0.1) is 37.2 Å². The van der Waals surface area contributed by atoms with Crippen molar-refractivity contribution < 1.29 is 14.3 Å². The molecular formula is C21H25ClN6O3. The van der Waals surface area contributed by atoms with E-state index < -0.39 is 0 Å². The van der Waals surface area contributed by atoms with Crippen molar-refractivity contribution in [2.75, 3.05) is 33.2 Å². The third-order valence-corrected chi connectivity index (χ3v) is 5.05. The molecule has 0 unspecified atom stereocenters. The summed E-state index contributed by atoms with van der Waals surface area (Å²) in [6.45, 7) is 1.26. The van der Waals surface area contributed by atoms with Crippen molar-refractivity contribution in [2.45, 2.75) is 19.4 Å². The molecule has 31 heavy (non-hydrogen) atoms. The summed E-state index contributed by atoms with van der Waals surface area (Å²) in [5, 5.41) is 10.5. The lowest BCUT2D eigenvalue weighted by atomic mass is 10.0. The molecule has 1 aromatic carbocycles. The van der Waals surface area contributed by atoms with E-state index in [9.17, 15) is 4.79 Å². The number of nitrogens with one attached hydrogen (secondary N) is 2. The van der Waals surface area contributed by atoms with E-state index in [1.807, 2.05) is 6.20 Å². The maximum atomic E-state index is 12.0. The van der Waals surface area contributed by atoms with Gasteiger partial charge in [0.25, 0.3) is 5.91 Å². The Hall–Kier alpha value is -3.17. The Morgan fingerprint density at radius 3 is 2.61 bits per heavy atom. The van der Waals surface area contributed by atoms with Crippen LogP contribution in [0.1, 0.15) is 21.5 Å². The largest absolute Gasteiger partial charge is 0.495 e. The van der Waals surface area contributed by atoms with E-state index in [0.717, 1.165) is 16.8 Å². The first-order chi connectivity index (χ1) is 15.0. The highest BCUT2D eigenvalue weighted by atomic mass is 35.5. The molecule has 0 radical (unpaired) electrons. The van der Waals surface area contributed by atoms with Crippen LogP contribution in [0.4, 0.5) is 11.6 Å². The first-order valence-electron chi connectivity index (χ1n) is 9.72. The topological polar surface area (TPSA) is 103 Å². The lowest BCUT2D eigenvalue weighted by Crippen LogP contribution is -2.18. The van der Waals surface area contributed by atoms with Gasteiger partial charge in [0.15, 0.2) is 0 Å². The molecule has 1 amide bonds. The fourth-order valence-electron chi connectivity index (χ4n) is 2.95. The normalized spacial score (nSPS) is 10.7. The van der Waals surface area contributed by atoms with Crippen molar-refractivity contribution in [3.8, 4) is 5.75 Å². The van der Waals surface area contributed by atoms with Gasteiger partial charge in [-0.3, -0.25) is 9.48 Å². The monoisotopic (exact) mass is 444 g/mol. The van der Waals surface area contributed by atoms with Crippen LogP contribution in [0.25, 0.3) is 0 Å². The third kappa shape index (κ3) is 5.93. The van der Waals surface area contributed by atoms with E-state index in [4.69, 9.17) is 21.1 Å². The molecule has 3 aromatic rings. The predicted octanol–water partition coefficient (Wildman–Crippen LogP) is 2.87. The number of aromatic nitrogens is 4. The molecule has 0 aliphatic heterocycles. The smallest absolute Gasteiger partial charge is 0.251 e. The zero-order valence-electron chi connectivity index (χ0n) is 17.7. The van der Waals surface area contributed by atoms with E-state index >= 15 is 0 Å². The van der Waals surface area contributed by atoms with Crippen molar-refractivity contribution >= 4 is 29.1 Å². The number of benzene rings is 1. The Morgan fingerprint density at radius 1 is 1.16 bits per heavy atom. The van der Waals surface area contributed by atoms with Gasteiger partial charge in [-0.1, -0.05) is 11.6 Å². The number of halogens is 1. The van der Waals surface area contributed by atoms with Gasteiger partial charge in [-0.25, -0.2) is 9.97 Å². The van der Waals surface area contributed by atoms with E-state index in [2.05, 4.69) is 25.7 Å². The van der Waals surface area contributed by atoms with Crippen LogP contribution in [0.3, 0.4) is 0 Å². The Bertz CT molecular complexity index is 1020. The summed E-state index contributed by atoms with van der Waals surface area (Å²) in [4.78, 5) is 20.7. The molecule has 10 heteroatoms. The maximum Gasteiger partial charge on any atom is 0.251 e. The summed E-state index contributed by atoms with van der Waals surface area (Å²) in [6, 6.07) is 3.41. The molecule has 0 bridgehead atoms. The molecule has 3 rings (SSSR count). The van der Waals surface area contributed by atoms with Gasteiger partial charge in [-0.05, 0) is 36.1 Å². The first-order valence-corrected chi connectivity index (χ1v) is 10.1.